The molecule has 0 unspecified atom stereocenters. The van der Waals surface area contributed by atoms with Crippen molar-refractivity contribution in [2.75, 3.05) is 39.5 Å². The maximum atomic E-state index is 13.1. The maximum Gasteiger partial charge on any atom is 0.410 e. The zero-order valence-electron chi connectivity index (χ0n) is 23.3. The smallest absolute Gasteiger partial charge is 0.410 e. The van der Waals surface area contributed by atoms with E-state index in [4.69, 9.17) is 18.6 Å². The highest BCUT2D eigenvalue weighted by Crippen LogP contribution is 2.22. The summed E-state index contributed by atoms with van der Waals surface area (Å²) in [5.74, 6) is 0.721. The molecule has 1 aromatic heterocycles. The van der Waals surface area contributed by atoms with Crippen LogP contribution in [-0.2, 0) is 33.6 Å². The molecule has 3 aromatic rings. The predicted molar refractivity (Wildman–Crippen MR) is 149 cm³/mol. The number of carbonyl (C=O) groups is 1. The molecule has 2 aromatic carbocycles. The average Bonchev–Trinajstić information content (AvgIpc) is 3.31. The van der Waals surface area contributed by atoms with Gasteiger partial charge in [0.25, 0.3) is 0 Å². The molecule has 0 saturated carbocycles. The quantitative estimate of drug-likeness (QED) is 0.289. The lowest BCUT2D eigenvalue weighted by Crippen LogP contribution is -2.43. The van der Waals surface area contributed by atoms with Crippen molar-refractivity contribution in [3.05, 3.63) is 71.2 Å². The Morgan fingerprint density at radius 2 is 1.74 bits per heavy atom. The lowest BCUT2D eigenvalue weighted by molar-refractivity contribution is -0.0289. The van der Waals surface area contributed by atoms with Crippen molar-refractivity contribution >= 4 is 17.1 Å². The lowest BCUT2D eigenvalue weighted by atomic mass is 10.1. The summed E-state index contributed by atoms with van der Waals surface area (Å²) in [5, 5.41) is 4.50. The number of hydrogen-bond donors (Lipinski definition) is 1. The van der Waals surface area contributed by atoms with Gasteiger partial charge in [-0.2, -0.15) is 0 Å². The summed E-state index contributed by atoms with van der Waals surface area (Å²) in [6, 6.07) is 15.0. The minimum atomic E-state index is -0.471. The molecule has 1 aliphatic rings. The summed E-state index contributed by atoms with van der Waals surface area (Å²) in [4.78, 5) is 13.9. The third kappa shape index (κ3) is 9.64. The zero-order chi connectivity index (χ0) is 27.7. The van der Waals surface area contributed by atoms with Crippen molar-refractivity contribution in [1.29, 1.82) is 0 Å². The third-order valence-corrected chi connectivity index (χ3v) is 6.64. The van der Waals surface area contributed by atoms with E-state index in [1.807, 2.05) is 32.9 Å². The Kier molecular flexibility index (Phi) is 10.4. The van der Waals surface area contributed by atoms with Crippen molar-refractivity contribution in [2.24, 2.45) is 0 Å². The molecule has 1 amide bonds. The van der Waals surface area contributed by atoms with E-state index >= 15 is 0 Å². The number of benzene rings is 2. The van der Waals surface area contributed by atoms with Crippen molar-refractivity contribution in [3.8, 4) is 0 Å². The monoisotopic (exact) mass is 540 g/mol. The lowest BCUT2D eigenvalue weighted by Gasteiger charge is -2.33. The highest BCUT2D eigenvalue weighted by molar-refractivity contribution is 5.78. The van der Waals surface area contributed by atoms with Crippen LogP contribution in [0.5, 0.6) is 0 Å². The first-order chi connectivity index (χ1) is 18.7. The van der Waals surface area contributed by atoms with Gasteiger partial charge in [0.2, 0.25) is 0 Å². The summed E-state index contributed by atoms with van der Waals surface area (Å²) < 4.78 is 36.2. The van der Waals surface area contributed by atoms with Gasteiger partial charge >= 0.3 is 6.09 Å². The van der Waals surface area contributed by atoms with E-state index in [9.17, 15) is 9.18 Å². The number of nitrogens with zero attached hydrogens (tertiary/aromatic N) is 1. The summed E-state index contributed by atoms with van der Waals surface area (Å²) in [7, 11) is 0. The molecular weight excluding hydrogens is 499 g/mol. The van der Waals surface area contributed by atoms with Crippen LogP contribution in [-0.4, -0.2) is 62.2 Å². The predicted octanol–water partition coefficient (Wildman–Crippen LogP) is 5.88. The number of furan rings is 1. The van der Waals surface area contributed by atoms with E-state index in [1.54, 1.807) is 4.90 Å². The first kappa shape index (κ1) is 29.1. The summed E-state index contributed by atoms with van der Waals surface area (Å²) >= 11 is 0. The van der Waals surface area contributed by atoms with Crippen LogP contribution in [0.15, 0.2) is 52.9 Å². The van der Waals surface area contributed by atoms with Crippen LogP contribution in [0.1, 0.15) is 50.5 Å². The van der Waals surface area contributed by atoms with Gasteiger partial charge in [-0.25, -0.2) is 9.18 Å². The Morgan fingerprint density at radius 3 is 2.49 bits per heavy atom. The van der Waals surface area contributed by atoms with Gasteiger partial charge in [-0.15, -0.1) is 0 Å². The molecule has 2 heterocycles. The number of rotatable bonds is 12. The molecule has 0 aliphatic carbocycles. The fourth-order valence-electron chi connectivity index (χ4n) is 4.57. The zero-order valence-corrected chi connectivity index (χ0v) is 23.3. The summed E-state index contributed by atoms with van der Waals surface area (Å²) in [6.07, 6.45) is 3.13. The molecule has 0 radical (unpaired) electrons. The third-order valence-electron chi connectivity index (χ3n) is 6.64. The van der Waals surface area contributed by atoms with Gasteiger partial charge in [-0.1, -0.05) is 24.3 Å². The minimum absolute atomic E-state index is 0.158. The maximum absolute atomic E-state index is 13.1. The number of carbonyl (C=O) groups excluding carboxylic acids is 1. The van der Waals surface area contributed by atoms with Gasteiger partial charge in [0, 0.05) is 38.0 Å². The molecule has 0 bridgehead atoms. The Bertz CT molecular complexity index is 1180. The van der Waals surface area contributed by atoms with Crippen LogP contribution in [0.2, 0.25) is 0 Å². The molecule has 0 atom stereocenters. The molecule has 1 N–H and O–H groups in total. The average molecular weight is 541 g/mol. The summed E-state index contributed by atoms with van der Waals surface area (Å²) in [5.41, 5.74) is 2.66. The van der Waals surface area contributed by atoms with Gasteiger partial charge < -0.3 is 28.8 Å². The number of fused-ring (bicyclic) bond motifs is 1. The highest BCUT2D eigenvalue weighted by atomic mass is 19.1. The number of hydrogen-bond acceptors (Lipinski definition) is 6. The van der Waals surface area contributed by atoms with Gasteiger partial charge in [0.1, 0.15) is 22.8 Å². The number of aryl methyl sites for hydroxylation is 2. The Hall–Kier alpha value is -2.94. The Morgan fingerprint density at radius 1 is 1.00 bits per heavy atom. The SMILES string of the molecule is CC(C)(C)OC(=O)N1CCC(OCCOCCNCc2ccc3cc(CCc4ccc(F)cc4)oc3c2)CC1. The van der Waals surface area contributed by atoms with Crippen molar-refractivity contribution in [1.82, 2.24) is 10.2 Å². The Labute approximate surface area is 230 Å². The second kappa shape index (κ2) is 13.9. The van der Waals surface area contributed by atoms with Gasteiger partial charge in [0.05, 0.1) is 25.9 Å². The number of piperidine rings is 1. The largest absolute Gasteiger partial charge is 0.461 e. The van der Waals surface area contributed by atoms with E-state index in [2.05, 4.69) is 29.6 Å². The van der Waals surface area contributed by atoms with Crippen LogP contribution in [0.4, 0.5) is 9.18 Å². The molecule has 39 heavy (non-hydrogen) atoms. The molecule has 0 spiro atoms. The highest BCUT2D eigenvalue weighted by Gasteiger charge is 2.27. The minimum Gasteiger partial charge on any atom is -0.461 e. The fourth-order valence-corrected chi connectivity index (χ4v) is 4.57. The fraction of sp³-hybridized carbons (Fsp3) is 0.516. The van der Waals surface area contributed by atoms with Crippen LogP contribution in [0, 0.1) is 5.82 Å². The van der Waals surface area contributed by atoms with E-state index in [-0.39, 0.29) is 18.0 Å². The number of amides is 1. The summed E-state index contributed by atoms with van der Waals surface area (Å²) in [6.45, 7) is 10.1. The number of ether oxygens (including phenoxy) is 3. The van der Waals surface area contributed by atoms with Gasteiger partial charge in [-0.05, 0) is 75.4 Å². The molecule has 7 nitrogen and oxygen atoms in total. The van der Waals surface area contributed by atoms with Crippen LogP contribution >= 0.6 is 0 Å². The number of likely N-dealkylation sites (tertiary alicyclic amines) is 1. The topological polar surface area (TPSA) is 73.2 Å². The standard InChI is InChI=1S/C31H41FN2O5/c1-31(2,3)39-30(35)34-15-12-27(13-16-34)37-19-18-36-17-14-33-22-24-4-8-25-21-28(38-29(25)20-24)11-7-23-5-9-26(32)10-6-23/h4-6,8-10,20-21,27,33H,7,11-19,22H2,1-3H3. The van der Waals surface area contributed by atoms with E-state index in [0.717, 1.165) is 66.6 Å². The molecule has 212 valence electrons. The van der Waals surface area contributed by atoms with E-state index in [1.165, 1.54) is 12.1 Å². The molecule has 1 aliphatic heterocycles. The van der Waals surface area contributed by atoms with Crippen LogP contribution < -0.4 is 5.32 Å². The first-order valence-electron chi connectivity index (χ1n) is 13.9. The molecule has 8 heteroatoms. The van der Waals surface area contributed by atoms with Crippen molar-refractivity contribution in [2.45, 2.75) is 64.7 Å². The normalized spacial score (nSPS) is 14.7. The van der Waals surface area contributed by atoms with E-state index < -0.39 is 5.60 Å². The van der Waals surface area contributed by atoms with Gasteiger partial charge in [0.15, 0.2) is 0 Å². The molecule has 1 saturated heterocycles. The number of halogens is 1. The molecular formula is C31H41FN2O5. The van der Waals surface area contributed by atoms with Crippen LogP contribution in [0.25, 0.3) is 11.0 Å². The van der Waals surface area contributed by atoms with E-state index in [0.29, 0.717) is 32.9 Å². The second-order valence-corrected chi connectivity index (χ2v) is 11.0. The van der Waals surface area contributed by atoms with Gasteiger partial charge in [-0.3, -0.25) is 0 Å². The Balaban J connectivity index is 1.06. The second-order valence-electron chi connectivity index (χ2n) is 11.0. The van der Waals surface area contributed by atoms with Crippen molar-refractivity contribution in [3.63, 3.8) is 0 Å². The van der Waals surface area contributed by atoms with Crippen LogP contribution in [0.3, 0.4) is 0 Å². The number of nitrogens with one attached hydrogen (secondary N) is 1. The first-order valence-corrected chi connectivity index (χ1v) is 13.9. The molecule has 4 rings (SSSR count). The molecule has 1 fully saturated rings. The van der Waals surface area contributed by atoms with Crippen molar-refractivity contribution < 1.29 is 27.8 Å².